The van der Waals surface area contributed by atoms with Crippen LogP contribution in [0.4, 0.5) is 4.39 Å². The summed E-state index contributed by atoms with van der Waals surface area (Å²) in [7, 11) is 0. The van der Waals surface area contributed by atoms with Gasteiger partial charge in [0, 0.05) is 6.42 Å². The molecular formula is C12H11FN2O. The Morgan fingerprint density at radius 2 is 2.38 bits per heavy atom. The first-order valence-electron chi connectivity index (χ1n) is 4.71. The molecule has 0 aromatic carbocycles. The van der Waals surface area contributed by atoms with Gasteiger partial charge in [0.25, 0.3) is 0 Å². The first-order valence-corrected chi connectivity index (χ1v) is 4.71. The van der Waals surface area contributed by atoms with E-state index in [1.54, 1.807) is 6.08 Å². The Morgan fingerprint density at radius 1 is 1.56 bits per heavy atom. The third-order valence-electron chi connectivity index (χ3n) is 1.74. The number of halogens is 1. The number of unbranched alkanes of at least 4 members (excludes halogenated alkanes) is 1. The first kappa shape index (κ1) is 11.9. The summed E-state index contributed by atoms with van der Waals surface area (Å²) in [6.07, 6.45) is 4.20. The second-order valence-electron chi connectivity index (χ2n) is 2.94. The summed E-state index contributed by atoms with van der Waals surface area (Å²) >= 11 is 0. The fourth-order valence-corrected chi connectivity index (χ4v) is 1.00. The maximum atomic E-state index is 13.1. The van der Waals surface area contributed by atoms with Crippen molar-refractivity contribution in [2.45, 2.75) is 12.8 Å². The van der Waals surface area contributed by atoms with Gasteiger partial charge in [-0.2, -0.15) is 0 Å². The van der Waals surface area contributed by atoms with Crippen molar-refractivity contribution in [3.05, 3.63) is 42.0 Å². The predicted molar refractivity (Wildman–Crippen MR) is 59.9 cm³/mol. The van der Waals surface area contributed by atoms with Gasteiger partial charge in [-0.1, -0.05) is 17.2 Å². The minimum Gasteiger partial charge on any atom is -0.411 e. The zero-order chi connectivity index (χ0) is 11.8. The lowest BCUT2D eigenvalue weighted by molar-refractivity contribution is 0.321. The van der Waals surface area contributed by atoms with Gasteiger partial charge in [-0.05, 0) is 24.5 Å². The van der Waals surface area contributed by atoms with Crippen LogP contribution >= 0.6 is 0 Å². The van der Waals surface area contributed by atoms with Gasteiger partial charge >= 0.3 is 0 Å². The number of nitrogens with zero attached hydrogens (tertiary/aromatic N) is 2. The van der Waals surface area contributed by atoms with E-state index in [9.17, 15) is 4.39 Å². The summed E-state index contributed by atoms with van der Waals surface area (Å²) in [5, 5.41) is 11.0. The summed E-state index contributed by atoms with van der Waals surface area (Å²) in [4.78, 5) is 3.88. The number of hydrogen-bond acceptors (Lipinski definition) is 3. The number of aromatic nitrogens is 1. The van der Waals surface area contributed by atoms with E-state index < -0.39 is 5.82 Å². The lowest BCUT2D eigenvalue weighted by Gasteiger charge is -1.95. The molecule has 82 valence electrons. The monoisotopic (exact) mass is 218 g/mol. The third kappa shape index (κ3) is 3.54. The van der Waals surface area contributed by atoms with Gasteiger partial charge < -0.3 is 5.21 Å². The Labute approximate surface area is 93.3 Å². The maximum absolute atomic E-state index is 13.1. The molecule has 1 aromatic heterocycles. The summed E-state index contributed by atoms with van der Waals surface area (Å²) in [6.45, 7) is 3.58. The summed E-state index contributed by atoms with van der Waals surface area (Å²) < 4.78 is 13.1. The van der Waals surface area contributed by atoms with Crippen molar-refractivity contribution < 1.29 is 9.60 Å². The van der Waals surface area contributed by atoms with Crippen LogP contribution in [0.3, 0.4) is 0 Å². The Hall–Kier alpha value is -2.15. The molecule has 3 nitrogen and oxygen atoms in total. The Kier molecular flexibility index (Phi) is 4.74. The average molecular weight is 218 g/mol. The van der Waals surface area contributed by atoms with Crippen molar-refractivity contribution in [2.24, 2.45) is 5.16 Å². The van der Waals surface area contributed by atoms with Gasteiger partial charge in [-0.3, -0.25) is 0 Å². The number of pyridine rings is 1. The quantitative estimate of drug-likeness (QED) is 0.211. The minimum atomic E-state index is -0.547. The molecule has 16 heavy (non-hydrogen) atoms. The Bertz CT molecular complexity index is 458. The van der Waals surface area contributed by atoms with E-state index in [-0.39, 0.29) is 5.69 Å². The second kappa shape index (κ2) is 6.36. The molecule has 1 N–H and O–H groups in total. The van der Waals surface area contributed by atoms with Crippen LogP contribution in [0.2, 0.25) is 0 Å². The van der Waals surface area contributed by atoms with Crippen LogP contribution < -0.4 is 0 Å². The number of oxime groups is 1. The highest BCUT2D eigenvalue weighted by Crippen LogP contribution is 2.03. The first-order chi connectivity index (χ1) is 7.77. The highest BCUT2D eigenvalue weighted by atomic mass is 19.1. The fourth-order valence-electron chi connectivity index (χ4n) is 1.00. The number of hydrogen-bond donors (Lipinski definition) is 1. The van der Waals surface area contributed by atoms with Crippen molar-refractivity contribution in [2.75, 3.05) is 0 Å². The van der Waals surface area contributed by atoms with Crippen LogP contribution in [-0.4, -0.2) is 16.4 Å². The summed E-state index contributed by atoms with van der Waals surface area (Å²) in [5.74, 6) is 5.12. The molecule has 0 spiro atoms. The lowest BCUT2D eigenvalue weighted by atomic mass is 10.2. The number of allylic oxidation sites excluding steroid dienone is 1. The Morgan fingerprint density at radius 3 is 3.06 bits per heavy atom. The van der Waals surface area contributed by atoms with Crippen molar-refractivity contribution in [3.8, 4) is 11.8 Å². The molecular weight excluding hydrogens is 207 g/mol. The summed E-state index contributed by atoms with van der Waals surface area (Å²) in [6, 6.07) is 2.71. The molecule has 0 radical (unpaired) electrons. The van der Waals surface area contributed by atoms with E-state index in [0.29, 0.717) is 12.1 Å². The highest BCUT2D eigenvalue weighted by Gasteiger charge is 2.01. The smallest absolute Gasteiger partial charge is 0.150 e. The molecule has 1 heterocycles. The van der Waals surface area contributed by atoms with E-state index in [0.717, 1.165) is 12.6 Å². The minimum absolute atomic E-state index is 0.0296. The molecule has 0 aliphatic heterocycles. The molecule has 0 bridgehead atoms. The number of rotatable bonds is 3. The Balaban J connectivity index is 2.84. The molecule has 0 saturated heterocycles. The molecule has 0 aliphatic carbocycles. The fraction of sp³-hybridized carbons (Fsp3) is 0.167. The van der Waals surface area contributed by atoms with Gasteiger partial charge in [-0.15, -0.1) is 6.58 Å². The van der Waals surface area contributed by atoms with E-state index >= 15 is 0 Å². The molecule has 0 amide bonds. The molecule has 0 saturated carbocycles. The normalized spacial score (nSPS) is 9.81. The van der Waals surface area contributed by atoms with Gasteiger partial charge in [0.1, 0.15) is 11.4 Å². The largest absolute Gasteiger partial charge is 0.411 e. The topological polar surface area (TPSA) is 45.5 Å². The standard InChI is InChI=1S/C12H11FN2O/c1-2-3-4-5-6-10-7-8-11(13)12(15-10)9-14-16/h2,7-9,16H,1,3-4H2/b14-9+. The van der Waals surface area contributed by atoms with Crippen molar-refractivity contribution >= 4 is 6.21 Å². The van der Waals surface area contributed by atoms with Crippen molar-refractivity contribution in [1.82, 2.24) is 4.98 Å². The molecule has 1 aromatic rings. The molecule has 1 rings (SSSR count). The van der Waals surface area contributed by atoms with E-state index in [4.69, 9.17) is 5.21 Å². The van der Waals surface area contributed by atoms with Crippen molar-refractivity contribution in [3.63, 3.8) is 0 Å². The second-order valence-corrected chi connectivity index (χ2v) is 2.94. The molecule has 0 fully saturated rings. The predicted octanol–water partition coefficient (Wildman–Crippen LogP) is 2.35. The van der Waals surface area contributed by atoms with Crippen LogP contribution in [-0.2, 0) is 0 Å². The van der Waals surface area contributed by atoms with Gasteiger partial charge in [0.05, 0.1) is 6.21 Å². The van der Waals surface area contributed by atoms with E-state index in [1.807, 2.05) is 0 Å². The molecule has 0 aliphatic rings. The third-order valence-corrected chi connectivity index (χ3v) is 1.74. The lowest BCUT2D eigenvalue weighted by Crippen LogP contribution is -1.95. The van der Waals surface area contributed by atoms with Crippen LogP contribution in [0.5, 0.6) is 0 Å². The van der Waals surface area contributed by atoms with Crippen LogP contribution in [0.25, 0.3) is 0 Å². The van der Waals surface area contributed by atoms with E-state index in [1.165, 1.54) is 12.1 Å². The van der Waals surface area contributed by atoms with E-state index in [2.05, 4.69) is 28.6 Å². The molecule has 4 heteroatoms. The average Bonchev–Trinajstić information content (AvgIpc) is 2.29. The van der Waals surface area contributed by atoms with Crippen LogP contribution in [0, 0.1) is 17.7 Å². The van der Waals surface area contributed by atoms with Crippen molar-refractivity contribution in [1.29, 1.82) is 0 Å². The highest BCUT2D eigenvalue weighted by molar-refractivity contribution is 5.76. The van der Waals surface area contributed by atoms with Gasteiger partial charge in [-0.25, -0.2) is 9.37 Å². The maximum Gasteiger partial charge on any atom is 0.150 e. The zero-order valence-electron chi connectivity index (χ0n) is 8.65. The summed E-state index contributed by atoms with van der Waals surface area (Å²) in [5.41, 5.74) is 0.415. The SMILES string of the molecule is C=CCCC#Cc1ccc(F)c(/C=N/O)n1. The van der Waals surface area contributed by atoms with Crippen LogP contribution in [0.1, 0.15) is 24.2 Å². The van der Waals surface area contributed by atoms with Crippen LogP contribution in [0.15, 0.2) is 29.9 Å². The molecule has 0 unspecified atom stereocenters. The van der Waals surface area contributed by atoms with Gasteiger partial charge in [0.15, 0.2) is 5.82 Å². The molecule has 0 atom stereocenters. The zero-order valence-corrected chi connectivity index (χ0v) is 8.65. The van der Waals surface area contributed by atoms with Gasteiger partial charge in [0.2, 0.25) is 0 Å².